The van der Waals surface area contributed by atoms with Crippen molar-refractivity contribution < 1.29 is 44.0 Å². The van der Waals surface area contributed by atoms with Crippen LogP contribution in [0.1, 0.15) is 60.9 Å². The number of phenols is 1. The van der Waals surface area contributed by atoms with E-state index in [1.54, 1.807) is 0 Å². The number of aliphatic hydroxyl groups excluding tert-OH is 2. The van der Waals surface area contributed by atoms with Crippen molar-refractivity contribution >= 4 is 29.1 Å². The number of aliphatic hydroxyl groups is 3. The fourth-order valence-corrected chi connectivity index (χ4v) is 8.49. The summed E-state index contributed by atoms with van der Waals surface area (Å²) >= 11 is 0. The molecule has 5 aliphatic carbocycles. The van der Waals surface area contributed by atoms with Gasteiger partial charge in [0.05, 0.1) is 23.3 Å². The molecule has 0 unspecified atom stereocenters. The van der Waals surface area contributed by atoms with Gasteiger partial charge in [0.25, 0.3) is 5.91 Å². The maximum atomic E-state index is 16.0. The van der Waals surface area contributed by atoms with E-state index < -0.39 is 81.2 Å². The van der Waals surface area contributed by atoms with Gasteiger partial charge in [0, 0.05) is 42.8 Å². The molecule has 3 fully saturated rings. The number of hydrogen-bond acceptors (Lipinski definition) is 10. The number of benzene rings is 1. The Labute approximate surface area is 271 Å². The van der Waals surface area contributed by atoms with E-state index in [0.717, 1.165) is 44.8 Å². The van der Waals surface area contributed by atoms with Crippen molar-refractivity contribution in [1.82, 2.24) is 9.80 Å². The van der Waals surface area contributed by atoms with Gasteiger partial charge in [-0.2, -0.15) is 0 Å². The van der Waals surface area contributed by atoms with Gasteiger partial charge < -0.3 is 31.1 Å². The van der Waals surface area contributed by atoms with Gasteiger partial charge in [-0.25, -0.2) is 4.39 Å². The van der Waals surface area contributed by atoms with Crippen LogP contribution >= 0.6 is 0 Å². The highest BCUT2D eigenvalue weighted by molar-refractivity contribution is 6.25. The minimum Gasteiger partial charge on any atom is -0.510 e. The molecule has 2 saturated carbocycles. The molecule has 1 aliphatic heterocycles. The number of carbonyl (C=O) groups excluding carboxylic acids is 4. The summed E-state index contributed by atoms with van der Waals surface area (Å²) in [6, 6.07) is -0.480. The van der Waals surface area contributed by atoms with Crippen molar-refractivity contribution in [3.8, 4) is 5.75 Å². The van der Waals surface area contributed by atoms with Gasteiger partial charge in [0.1, 0.15) is 22.9 Å². The molecule has 6 N–H and O–H groups in total. The number of amides is 2. The second-order valence-corrected chi connectivity index (χ2v) is 14.5. The normalized spacial score (nSPS) is 31.0. The predicted octanol–water partition coefficient (Wildman–Crippen LogP) is 1.88. The molecule has 6 aliphatic rings. The third-order valence-corrected chi connectivity index (χ3v) is 11.2. The minimum absolute atomic E-state index is 0.102. The summed E-state index contributed by atoms with van der Waals surface area (Å²) in [4.78, 5) is 58.9. The molecule has 47 heavy (non-hydrogen) atoms. The zero-order chi connectivity index (χ0) is 33.7. The van der Waals surface area contributed by atoms with Crippen LogP contribution in [-0.4, -0.2) is 105 Å². The lowest BCUT2D eigenvalue weighted by Gasteiger charge is -2.50. The quantitative estimate of drug-likeness (QED) is 0.260. The number of allylic oxidation sites excluding steroid dienone is 1. The minimum atomic E-state index is -2.79. The molecule has 0 bridgehead atoms. The lowest BCUT2D eigenvalue weighted by molar-refractivity contribution is -0.148. The number of likely N-dealkylation sites (N-methyl/N-ethyl adjacent to an activating group) is 1. The molecular formula is C34H41FN4O8. The number of halogens is 1. The fourth-order valence-electron chi connectivity index (χ4n) is 8.49. The summed E-state index contributed by atoms with van der Waals surface area (Å²) < 4.78 is 16.0. The highest BCUT2D eigenvalue weighted by Crippen LogP contribution is 2.53. The number of aromatic hydroxyl groups is 1. The Bertz CT molecular complexity index is 1650. The molecule has 7 rings (SSSR count). The first-order valence-electron chi connectivity index (χ1n) is 16.5. The number of carbonyl (C=O) groups is 4. The van der Waals surface area contributed by atoms with Crippen molar-refractivity contribution in [2.24, 2.45) is 29.4 Å². The van der Waals surface area contributed by atoms with Crippen molar-refractivity contribution in [2.75, 3.05) is 38.6 Å². The van der Waals surface area contributed by atoms with E-state index in [2.05, 4.69) is 4.90 Å². The van der Waals surface area contributed by atoms with Crippen LogP contribution in [0.4, 0.5) is 10.1 Å². The van der Waals surface area contributed by atoms with Crippen LogP contribution in [0.25, 0.3) is 0 Å². The summed E-state index contributed by atoms with van der Waals surface area (Å²) in [7, 11) is 3.08. The Morgan fingerprint density at radius 3 is 2.28 bits per heavy atom. The molecule has 0 aromatic heterocycles. The second-order valence-electron chi connectivity index (χ2n) is 14.5. The number of piperidine rings is 1. The highest BCUT2D eigenvalue weighted by atomic mass is 19.1. The number of anilines is 1. The van der Waals surface area contributed by atoms with E-state index in [-0.39, 0.29) is 42.1 Å². The molecule has 5 atom stereocenters. The van der Waals surface area contributed by atoms with Crippen LogP contribution in [0, 0.1) is 29.5 Å². The zero-order valence-corrected chi connectivity index (χ0v) is 26.5. The first-order valence-corrected chi connectivity index (χ1v) is 16.5. The summed E-state index contributed by atoms with van der Waals surface area (Å²) in [6.07, 6.45) is 5.48. The SMILES string of the molecule is CN(C)[C@@H]1C(O)=C(C(N)=O)C(=O)[C@@]2(O)C(O)=C3C(=O)c4c(O)c(N5CCC[C@H](N(CC6CC6)CC6CC6)C5=O)cc(F)c4C[C@H]3C[C@@H]12. The Kier molecular flexibility index (Phi) is 7.52. The molecule has 12 nitrogen and oxygen atoms in total. The first kappa shape index (κ1) is 31.8. The number of Topliss-reactive ketones (excluding diaryl/α,β-unsaturated/α-hetero) is 2. The van der Waals surface area contributed by atoms with Crippen molar-refractivity contribution in [3.63, 3.8) is 0 Å². The van der Waals surface area contributed by atoms with Crippen LogP contribution in [0.15, 0.2) is 28.7 Å². The lowest BCUT2D eigenvalue weighted by atomic mass is 9.58. The van der Waals surface area contributed by atoms with E-state index in [9.17, 15) is 39.6 Å². The topological polar surface area (TPSA) is 185 Å². The number of ketones is 2. The van der Waals surface area contributed by atoms with Crippen LogP contribution in [0.2, 0.25) is 0 Å². The molecule has 1 saturated heterocycles. The summed E-state index contributed by atoms with van der Waals surface area (Å²) in [5, 5.41) is 45.9. The van der Waals surface area contributed by atoms with Crippen LogP contribution in [-0.2, 0) is 20.8 Å². The van der Waals surface area contributed by atoms with E-state index in [1.807, 2.05) is 0 Å². The van der Waals surface area contributed by atoms with Crippen LogP contribution < -0.4 is 10.6 Å². The van der Waals surface area contributed by atoms with Gasteiger partial charge in [-0.3, -0.25) is 29.0 Å². The number of hydrogen-bond donors (Lipinski definition) is 5. The number of fused-ring (bicyclic) bond motifs is 3. The summed E-state index contributed by atoms with van der Waals surface area (Å²) in [5.74, 6) is -7.99. The average molecular weight is 653 g/mol. The van der Waals surface area contributed by atoms with E-state index in [4.69, 9.17) is 5.73 Å². The average Bonchev–Trinajstić information content (AvgIpc) is 3.94. The Hall–Kier alpha value is -3.81. The van der Waals surface area contributed by atoms with Gasteiger partial charge in [0.2, 0.25) is 11.7 Å². The Balaban J connectivity index is 1.27. The van der Waals surface area contributed by atoms with E-state index in [1.165, 1.54) is 23.9 Å². The second kappa shape index (κ2) is 11.1. The number of rotatable bonds is 8. The lowest BCUT2D eigenvalue weighted by Crippen LogP contribution is -2.63. The van der Waals surface area contributed by atoms with Gasteiger partial charge in [-0.05, 0) is 83.2 Å². The predicted molar refractivity (Wildman–Crippen MR) is 166 cm³/mol. The molecule has 13 heteroatoms. The number of nitrogens with two attached hydrogens (primary N) is 1. The molecule has 1 aromatic carbocycles. The first-order chi connectivity index (χ1) is 22.2. The summed E-state index contributed by atoms with van der Waals surface area (Å²) in [6.45, 7) is 1.86. The van der Waals surface area contributed by atoms with Gasteiger partial charge in [-0.1, -0.05) is 0 Å². The number of primary amides is 1. The van der Waals surface area contributed by atoms with Gasteiger partial charge in [-0.15, -0.1) is 0 Å². The monoisotopic (exact) mass is 652 g/mol. The molecule has 1 aromatic rings. The molecule has 1 heterocycles. The summed E-state index contributed by atoms with van der Waals surface area (Å²) in [5.41, 5.74) is 0.645. The molecule has 252 valence electrons. The van der Waals surface area contributed by atoms with Crippen LogP contribution in [0.5, 0.6) is 5.75 Å². The standard InChI is InChI=1S/C34H41FN4O8/c1-37(2)26-19-11-17-10-18-20(35)12-22(39-9-3-4-21(33(39)46)38(13-15-5-6-15)14-16-7-8-16)27(40)24(18)28(41)23(17)30(43)34(19,47)31(44)25(29(26)42)32(36)45/h12,15-17,19,21,26,40,42-43,47H,3-11,13-14H2,1-2H3,(H2,36,45)/t17-,19-,21-,26-,34-/m0/s1. The Morgan fingerprint density at radius 1 is 1.06 bits per heavy atom. The molecule has 0 radical (unpaired) electrons. The zero-order valence-electron chi connectivity index (χ0n) is 26.5. The number of nitrogens with zero attached hydrogens (tertiary/aromatic N) is 3. The van der Waals surface area contributed by atoms with Gasteiger partial charge >= 0.3 is 0 Å². The maximum absolute atomic E-state index is 16.0. The highest BCUT2D eigenvalue weighted by Gasteiger charge is 2.63. The number of phenolic OH excluding ortho intramolecular Hbond substituents is 1. The van der Waals surface area contributed by atoms with E-state index in [0.29, 0.717) is 24.7 Å². The molecule has 2 amide bonds. The third kappa shape index (κ3) is 4.88. The largest absolute Gasteiger partial charge is 0.510 e. The van der Waals surface area contributed by atoms with Crippen molar-refractivity contribution in [2.45, 2.75) is 69.1 Å². The smallest absolute Gasteiger partial charge is 0.255 e. The molecular weight excluding hydrogens is 611 g/mol. The van der Waals surface area contributed by atoms with Crippen LogP contribution in [0.3, 0.4) is 0 Å². The van der Waals surface area contributed by atoms with E-state index >= 15 is 4.39 Å². The Morgan fingerprint density at radius 2 is 1.70 bits per heavy atom. The fraction of sp³-hybridized carbons (Fsp3) is 0.588. The van der Waals surface area contributed by atoms with Crippen molar-refractivity contribution in [1.29, 1.82) is 0 Å². The van der Waals surface area contributed by atoms with Gasteiger partial charge in [0.15, 0.2) is 17.1 Å². The van der Waals surface area contributed by atoms with Crippen molar-refractivity contribution in [3.05, 3.63) is 45.7 Å². The molecule has 0 spiro atoms. The third-order valence-electron chi connectivity index (χ3n) is 11.2. The maximum Gasteiger partial charge on any atom is 0.255 e.